The number of carboxylic acids is 1. The van der Waals surface area contributed by atoms with Crippen LogP contribution in [-0.4, -0.2) is 34.0 Å². The Hall–Kier alpha value is -1.59. The molecule has 0 amide bonds. The summed E-state index contributed by atoms with van der Waals surface area (Å²) in [5, 5.41) is 30.3. The van der Waals surface area contributed by atoms with E-state index in [1.807, 2.05) is 6.07 Å². The van der Waals surface area contributed by atoms with Crippen molar-refractivity contribution in [3.63, 3.8) is 0 Å². The average molecular weight is 348 g/mol. The Morgan fingerprint density at radius 2 is 2.20 bits per heavy atom. The smallest absolute Gasteiger partial charge is 0.332 e. The van der Waals surface area contributed by atoms with Crippen LogP contribution >= 0.6 is 0 Å². The minimum atomic E-state index is -1.02. The molecule has 2 aliphatic rings. The van der Waals surface area contributed by atoms with Gasteiger partial charge in [0.2, 0.25) is 0 Å². The second kappa shape index (κ2) is 6.61. The molecule has 1 aromatic heterocycles. The lowest BCUT2D eigenvalue weighted by atomic mass is 9.46. The Morgan fingerprint density at radius 1 is 1.44 bits per heavy atom. The van der Waals surface area contributed by atoms with Crippen LogP contribution in [0.25, 0.3) is 0 Å². The van der Waals surface area contributed by atoms with Crippen LogP contribution in [-0.2, 0) is 11.2 Å². The molecule has 1 fully saturated rings. The molecule has 3 rings (SSSR count). The maximum absolute atomic E-state index is 11.9. The molecule has 3 N–H and O–H groups in total. The summed E-state index contributed by atoms with van der Waals surface area (Å²) in [7, 11) is 0. The zero-order valence-electron chi connectivity index (χ0n) is 14.9. The van der Waals surface area contributed by atoms with E-state index in [2.05, 4.69) is 13.8 Å². The van der Waals surface area contributed by atoms with Crippen molar-refractivity contribution in [2.24, 2.45) is 22.7 Å². The largest absolute Gasteiger partial charge is 0.478 e. The number of aliphatic carboxylic acids is 1. The number of hydrogen-bond acceptors (Lipinski definition) is 4. The van der Waals surface area contributed by atoms with Crippen LogP contribution in [0.15, 0.2) is 34.7 Å². The SMILES string of the molecule is CC1CCC2(CO)C(C(=O)O)=CC(O)CC2C1(C)CCc1ccoc1. The molecule has 25 heavy (non-hydrogen) atoms. The molecule has 0 aromatic carbocycles. The number of hydrogen-bond donors (Lipinski definition) is 3. The predicted molar refractivity (Wildman–Crippen MR) is 92.9 cm³/mol. The number of carbonyl (C=O) groups is 1. The maximum Gasteiger partial charge on any atom is 0.332 e. The number of aliphatic hydroxyl groups is 2. The van der Waals surface area contributed by atoms with Crippen molar-refractivity contribution < 1.29 is 24.5 Å². The van der Waals surface area contributed by atoms with E-state index in [1.54, 1.807) is 12.5 Å². The van der Waals surface area contributed by atoms with E-state index in [0.29, 0.717) is 18.8 Å². The minimum Gasteiger partial charge on any atom is -0.478 e. The summed E-state index contributed by atoms with van der Waals surface area (Å²) in [5.41, 5.74) is 0.399. The highest BCUT2D eigenvalue weighted by Crippen LogP contribution is 2.61. The van der Waals surface area contributed by atoms with Gasteiger partial charge >= 0.3 is 5.97 Å². The molecule has 5 unspecified atom stereocenters. The number of aliphatic hydroxyl groups excluding tert-OH is 2. The number of aryl methyl sites for hydroxylation is 1. The first-order chi connectivity index (χ1) is 11.8. The van der Waals surface area contributed by atoms with Crippen molar-refractivity contribution in [2.45, 2.75) is 52.1 Å². The highest BCUT2D eigenvalue weighted by molar-refractivity contribution is 5.89. The topological polar surface area (TPSA) is 90.9 Å². The van der Waals surface area contributed by atoms with Crippen molar-refractivity contribution in [1.29, 1.82) is 0 Å². The molecule has 1 heterocycles. The summed E-state index contributed by atoms with van der Waals surface area (Å²) >= 11 is 0. The first-order valence-corrected chi connectivity index (χ1v) is 9.09. The van der Waals surface area contributed by atoms with Crippen LogP contribution in [0.4, 0.5) is 0 Å². The molecule has 1 aromatic rings. The summed E-state index contributed by atoms with van der Waals surface area (Å²) < 4.78 is 5.16. The van der Waals surface area contributed by atoms with Crippen molar-refractivity contribution >= 4 is 5.97 Å². The first-order valence-electron chi connectivity index (χ1n) is 9.09. The lowest BCUT2D eigenvalue weighted by molar-refractivity contribution is -0.141. The molecule has 5 heteroatoms. The van der Waals surface area contributed by atoms with Crippen molar-refractivity contribution in [2.75, 3.05) is 6.61 Å². The van der Waals surface area contributed by atoms with E-state index in [1.165, 1.54) is 6.08 Å². The molecule has 138 valence electrons. The van der Waals surface area contributed by atoms with Crippen LogP contribution in [0.1, 0.15) is 45.1 Å². The average Bonchev–Trinajstić information content (AvgIpc) is 3.10. The molecule has 0 radical (unpaired) electrons. The fraction of sp³-hybridized carbons (Fsp3) is 0.650. The Kier molecular flexibility index (Phi) is 4.82. The van der Waals surface area contributed by atoms with Crippen LogP contribution in [0, 0.1) is 22.7 Å². The van der Waals surface area contributed by atoms with E-state index in [0.717, 1.165) is 24.8 Å². The van der Waals surface area contributed by atoms with Gasteiger partial charge in [-0.1, -0.05) is 13.8 Å². The number of carboxylic acid groups (broad SMARTS) is 1. The van der Waals surface area contributed by atoms with Gasteiger partial charge in [0.1, 0.15) is 0 Å². The Labute approximate surface area is 148 Å². The van der Waals surface area contributed by atoms with Gasteiger partial charge in [-0.05, 0) is 67.1 Å². The fourth-order valence-electron chi connectivity index (χ4n) is 5.27. The number of rotatable bonds is 5. The monoisotopic (exact) mass is 348 g/mol. The van der Waals surface area contributed by atoms with E-state index in [-0.39, 0.29) is 23.5 Å². The molecule has 5 atom stereocenters. The molecule has 0 saturated heterocycles. The standard InChI is InChI=1S/C20H28O5/c1-13-3-7-20(12-21)16(18(23)24)9-15(22)10-17(20)19(13,2)6-4-14-5-8-25-11-14/h5,8-9,11,13,15,17,21-22H,3-4,6-7,10,12H2,1-2H3,(H,23,24). The van der Waals surface area contributed by atoms with Crippen molar-refractivity contribution in [1.82, 2.24) is 0 Å². The van der Waals surface area contributed by atoms with Crippen molar-refractivity contribution in [3.8, 4) is 0 Å². The lowest BCUT2D eigenvalue weighted by Gasteiger charge is -2.58. The van der Waals surface area contributed by atoms with Crippen molar-refractivity contribution in [3.05, 3.63) is 35.8 Å². The van der Waals surface area contributed by atoms with E-state index < -0.39 is 17.5 Å². The van der Waals surface area contributed by atoms with Gasteiger partial charge in [-0.3, -0.25) is 0 Å². The third-order valence-corrected chi connectivity index (χ3v) is 7.03. The van der Waals surface area contributed by atoms with Gasteiger partial charge in [-0.25, -0.2) is 4.79 Å². The first kappa shape index (κ1) is 18.2. The van der Waals surface area contributed by atoms with Gasteiger partial charge in [0.25, 0.3) is 0 Å². The van der Waals surface area contributed by atoms with E-state index >= 15 is 0 Å². The summed E-state index contributed by atoms with van der Waals surface area (Å²) in [6, 6.07) is 1.95. The van der Waals surface area contributed by atoms with Crippen LogP contribution < -0.4 is 0 Å². The predicted octanol–water partition coefficient (Wildman–Crippen LogP) is 3.02. The van der Waals surface area contributed by atoms with Crippen LogP contribution in [0.3, 0.4) is 0 Å². The van der Waals surface area contributed by atoms with Crippen LogP contribution in [0.2, 0.25) is 0 Å². The van der Waals surface area contributed by atoms with Gasteiger partial charge in [0.05, 0.1) is 25.2 Å². The van der Waals surface area contributed by atoms with Gasteiger partial charge in [-0.15, -0.1) is 0 Å². The second-order valence-corrected chi connectivity index (χ2v) is 8.13. The third kappa shape index (κ3) is 2.93. The Morgan fingerprint density at radius 3 is 2.80 bits per heavy atom. The second-order valence-electron chi connectivity index (χ2n) is 8.13. The quantitative estimate of drug-likeness (QED) is 0.761. The molecule has 1 saturated carbocycles. The molecule has 0 spiro atoms. The Bertz CT molecular complexity index is 649. The Balaban J connectivity index is 1.98. The number of fused-ring (bicyclic) bond motifs is 1. The molecule has 0 aliphatic heterocycles. The maximum atomic E-state index is 11.9. The normalized spacial score (nSPS) is 38.1. The van der Waals surface area contributed by atoms with Gasteiger partial charge < -0.3 is 19.7 Å². The van der Waals surface area contributed by atoms with Gasteiger partial charge in [0.15, 0.2) is 0 Å². The summed E-state index contributed by atoms with van der Waals surface area (Å²) in [6.07, 6.45) is 7.84. The van der Waals surface area contributed by atoms with E-state index in [4.69, 9.17) is 4.42 Å². The molecule has 0 bridgehead atoms. The molecular weight excluding hydrogens is 320 g/mol. The number of furan rings is 1. The highest BCUT2D eigenvalue weighted by atomic mass is 16.4. The summed E-state index contributed by atoms with van der Waals surface area (Å²) in [4.78, 5) is 11.9. The molecule has 2 aliphatic carbocycles. The zero-order valence-corrected chi connectivity index (χ0v) is 14.9. The lowest BCUT2D eigenvalue weighted by Crippen LogP contribution is -2.55. The van der Waals surface area contributed by atoms with Crippen LogP contribution in [0.5, 0.6) is 0 Å². The third-order valence-electron chi connectivity index (χ3n) is 7.03. The summed E-state index contributed by atoms with van der Waals surface area (Å²) in [5.74, 6) is -0.694. The van der Waals surface area contributed by atoms with Gasteiger partial charge in [0, 0.05) is 11.0 Å². The summed E-state index contributed by atoms with van der Waals surface area (Å²) in [6.45, 7) is 4.22. The van der Waals surface area contributed by atoms with E-state index in [9.17, 15) is 20.1 Å². The van der Waals surface area contributed by atoms with Gasteiger partial charge in [-0.2, -0.15) is 0 Å². The highest BCUT2D eigenvalue weighted by Gasteiger charge is 2.58. The zero-order chi connectivity index (χ0) is 18.2. The fourth-order valence-corrected chi connectivity index (χ4v) is 5.27. The molecule has 5 nitrogen and oxygen atoms in total. The minimum absolute atomic E-state index is 0.0632. The molecular formula is C20H28O5.